The van der Waals surface area contributed by atoms with Crippen molar-refractivity contribution in [1.29, 1.82) is 0 Å². The van der Waals surface area contributed by atoms with Crippen LogP contribution in [0.1, 0.15) is 5.56 Å². The molecule has 8 nitrogen and oxygen atoms in total. The summed E-state index contributed by atoms with van der Waals surface area (Å²) < 4.78 is 10.8. The van der Waals surface area contributed by atoms with Gasteiger partial charge in [-0.1, -0.05) is 12.1 Å². The molecule has 0 aliphatic carbocycles. The van der Waals surface area contributed by atoms with Gasteiger partial charge in [-0.3, -0.25) is 24.6 Å². The van der Waals surface area contributed by atoms with Crippen molar-refractivity contribution in [1.82, 2.24) is 4.90 Å². The van der Waals surface area contributed by atoms with Gasteiger partial charge in [0.2, 0.25) is 0 Å². The summed E-state index contributed by atoms with van der Waals surface area (Å²) in [7, 11) is 1.53. The van der Waals surface area contributed by atoms with E-state index in [1.54, 1.807) is 18.2 Å². The maximum atomic E-state index is 12.5. The summed E-state index contributed by atoms with van der Waals surface area (Å²) in [5.74, 6) is 0.671. The minimum absolute atomic E-state index is 0.0428. The van der Waals surface area contributed by atoms with Gasteiger partial charge in [-0.15, -0.1) is 0 Å². The van der Waals surface area contributed by atoms with Crippen LogP contribution in [0.25, 0.3) is 6.08 Å². The van der Waals surface area contributed by atoms with Gasteiger partial charge in [0, 0.05) is 12.1 Å². The van der Waals surface area contributed by atoms with Crippen molar-refractivity contribution in [3.05, 3.63) is 69.1 Å². The van der Waals surface area contributed by atoms with Crippen LogP contribution in [0.5, 0.6) is 11.5 Å². The number of carbonyl (C=O) groups is 2. The van der Waals surface area contributed by atoms with E-state index in [1.807, 2.05) is 6.07 Å². The fourth-order valence-corrected chi connectivity index (χ4v) is 3.39. The van der Waals surface area contributed by atoms with E-state index in [9.17, 15) is 19.7 Å². The van der Waals surface area contributed by atoms with E-state index in [2.05, 4.69) is 0 Å². The average Bonchev–Trinajstić information content (AvgIpc) is 2.96. The highest BCUT2D eigenvalue weighted by atomic mass is 32.2. The van der Waals surface area contributed by atoms with Gasteiger partial charge in [-0.2, -0.15) is 0 Å². The van der Waals surface area contributed by atoms with Crippen LogP contribution >= 0.6 is 11.8 Å². The first kappa shape index (κ1) is 19.4. The molecule has 1 aliphatic heterocycles. The Labute approximate surface area is 164 Å². The lowest BCUT2D eigenvalue weighted by Gasteiger charge is -2.14. The summed E-state index contributed by atoms with van der Waals surface area (Å²) >= 11 is 0.825. The Morgan fingerprint density at radius 1 is 1.11 bits per heavy atom. The summed E-state index contributed by atoms with van der Waals surface area (Å²) in [5.41, 5.74) is 0.556. The van der Waals surface area contributed by atoms with Crippen molar-refractivity contribution < 1.29 is 24.0 Å². The van der Waals surface area contributed by atoms with Crippen molar-refractivity contribution in [2.24, 2.45) is 0 Å². The molecular weight excluding hydrogens is 384 g/mol. The Morgan fingerprint density at radius 3 is 2.43 bits per heavy atom. The second-order valence-electron chi connectivity index (χ2n) is 5.68. The van der Waals surface area contributed by atoms with Crippen LogP contribution in [0.4, 0.5) is 10.5 Å². The summed E-state index contributed by atoms with van der Waals surface area (Å²) in [4.78, 5) is 36.2. The van der Waals surface area contributed by atoms with Crippen LogP contribution in [-0.4, -0.2) is 41.2 Å². The Balaban J connectivity index is 1.63. The lowest BCUT2D eigenvalue weighted by molar-refractivity contribution is -0.384. The van der Waals surface area contributed by atoms with Crippen LogP contribution in [0.2, 0.25) is 0 Å². The second-order valence-corrected chi connectivity index (χ2v) is 6.67. The molecule has 1 aliphatic rings. The number of ether oxygens (including phenoxy) is 2. The van der Waals surface area contributed by atoms with Gasteiger partial charge in [0.05, 0.1) is 23.5 Å². The monoisotopic (exact) mass is 400 g/mol. The summed E-state index contributed by atoms with van der Waals surface area (Å²) in [6.07, 6.45) is 1.54. The van der Waals surface area contributed by atoms with Crippen LogP contribution in [-0.2, 0) is 4.79 Å². The van der Waals surface area contributed by atoms with Crippen molar-refractivity contribution in [3.8, 4) is 11.5 Å². The fourth-order valence-electron chi connectivity index (χ4n) is 2.52. The molecule has 9 heteroatoms. The van der Waals surface area contributed by atoms with E-state index in [4.69, 9.17) is 9.47 Å². The number of benzene rings is 2. The minimum Gasteiger partial charge on any atom is -0.493 e. The number of hydrogen-bond acceptors (Lipinski definition) is 7. The first-order valence-corrected chi connectivity index (χ1v) is 9.07. The van der Waals surface area contributed by atoms with Gasteiger partial charge in [0.15, 0.2) is 11.5 Å². The normalized spacial score (nSPS) is 15.2. The van der Waals surface area contributed by atoms with Crippen LogP contribution < -0.4 is 9.47 Å². The number of rotatable bonds is 7. The molecule has 0 unspecified atom stereocenters. The number of amides is 2. The molecule has 1 saturated heterocycles. The Bertz CT molecular complexity index is 942. The number of imide groups is 1. The summed E-state index contributed by atoms with van der Waals surface area (Å²) in [6, 6.07) is 12.8. The summed E-state index contributed by atoms with van der Waals surface area (Å²) in [6.45, 7) is 0.226. The van der Waals surface area contributed by atoms with Crippen molar-refractivity contribution in [2.75, 3.05) is 20.3 Å². The Kier molecular flexibility index (Phi) is 5.95. The van der Waals surface area contributed by atoms with Crippen molar-refractivity contribution in [3.63, 3.8) is 0 Å². The molecule has 0 bridgehead atoms. The molecule has 1 heterocycles. The number of nitro benzene ring substituents is 1. The summed E-state index contributed by atoms with van der Waals surface area (Å²) in [5, 5.41) is 10.3. The molecule has 0 atom stereocenters. The first-order chi connectivity index (χ1) is 13.5. The largest absolute Gasteiger partial charge is 0.493 e. The standard InChI is InChI=1S/C19H16N2O6S/c1-26-15-4-2-3-5-16(15)27-11-10-20-18(22)17(28-19(20)23)12-13-6-8-14(9-7-13)21(24)25/h2-9,12H,10-11H2,1H3/b17-12-. The third kappa shape index (κ3) is 4.32. The zero-order valence-corrected chi connectivity index (χ0v) is 15.7. The number of carbonyl (C=O) groups excluding carboxylic acids is 2. The number of thioether (sulfide) groups is 1. The highest BCUT2D eigenvalue weighted by Crippen LogP contribution is 2.32. The molecule has 3 rings (SSSR count). The SMILES string of the molecule is COc1ccccc1OCCN1C(=O)S/C(=C\c2ccc([N+](=O)[O-])cc2)C1=O. The lowest BCUT2D eigenvalue weighted by atomic mass is 10.2. The Morgan fingerprint density at radius 2 is 1.79 bits per heavy atom. The molecule has 144 valence electrons. The van der Waals surface area contributed by atoms with Gasteiger partial charge < -0.3 is 9.47 Å². The van der Waals surface area contributed by atoms with E-state index in [0.717, 1.165) is 16.7 Å². The van der Waals surface area contributed by atoms with Gasteiger partial charge in [-0.25, -0.2) is 0 Å². The quantitative estimate of drug-likeness (QED) is 0.397. The van der Waals surface area contributed by atoms with E-state index in [0.29, 0.717) is 17.1 Å². The predicted octanol–water partition coefficient (Wildman–Crippen LogP) is 3.72. The lowest BCUT2D eigenvalue weighted by Crippen LogP contribution is -2.32. The molecule has 0 radical (unpaired) electrons. The van der Waals surface area contributed by atoms with E-state index in [1.165, 1.54) is 37.5 Å². The maximum absolute atomic E-state index is 12.5. The van der Waals surface area contributed by atoms with E-state index in [-0.39, 0.29) is 29.0 Å². The predicted molar refractivity (Wildman–Crippen MR) is 104 cm³/mol. The molecule has 2 aromatic rings. The van der Waals surface area contributed by atoms with E-state index >= 15 is 0 Å². The van der Waals surface area contributed by atoms with Gasteiger partial charge in [0.25, 0.3) is 16.8 Å². The van der Waals surface area contributed by atoms with Gasteiger partial charge >= 0.3 is 0 Å². The van der Waals surface area contributed by atoms with Crippen LogP contribution in [0, 0.1) is 10.1 Å². The number of methoxy groups -OCH3 is 1. The second kappa shape index (κ2) is 8.57. The van der Waals surface area contributed by atoms with E-state index < -0.39 is 10.8 Å². The van der Waals surface area contributed by atoms with Gasteiger partial charge in [-0.05, 0) is 47.7 Å². The molecule has 0 saturated carbocycles. The molecule has 2 amide bonds. The van der Waals surface area contributed by atoms with Crippen molar-refractivity contribution >= 4 is 34.7 Å². The van der Waals surface area contributed by atoms with Gasteiger partial charge in [0.1, 0.15) is 6.61 Å². The third-order valence-electron chi connectivity index (χ3n) is 3.92. The minimum atomic E-state index is -0.501. The zero-order valence-electron chi connectivity index (χ0n) is 14.9. The highest BCUT2D eigenvalue weighted by Gasteiger charge is 2.34. The highest BCUT2D eigenvalue weighted by molar-refractivity contribution is 8.18. The number of para-hydroxylation sites is 2. The number of hydrogen-bond donors (Lipinski definition) is 0. The molecule has 0 N–H and O–H groups in total. The van der Waals surface area contributed by atoms with Crippen molar-refractivity contribution in [2.45, 2.75) is 0 Å². The first-order valence-electron chi connectivity index (χ1n) is 8.25. The number of non-ortho nitro benzene ring substituents is 1. The molecular formula is C19H16N2O6S. The van der Waals surface area contributed by atoms with Crippen LogP contribution in [0.15, 0.2) is 53.4 Å². The topological polar surface area (TPSA) is 99.0 Å². The maximum Gasteiger partial charge on any atom is 0.293 e. The molecule has 2 aromatic carbocycles. The third-order valence-corrected chi connectivity index (χ3v) is 4.82. The number of nitrogens with zero attached hydrogens (tertiary/aromatic N) is 2. The fraction of sp³-hybridized carbons (Fsp3) is 0.158. The average molecular weight is 400 g/mol. The smallest absolute Gasteiger partial charge is 0.293 e. The number of nitro groups is 1. The molecule has 0 spiro atoms. The molecule has 28 heavy (non-hydrogen) atoms. The molecule has 0 aromatic heterocycles. The molecule has 1 fully saturated rings. The van der Waals surface area contributed by atoms with Crippen LogP contribution in [0.3, 0.4) is 0 Å². The Hall–Kier alpha value is -3.33. The zero-order chi connectivity index (χ0) is 20.1.